The van der Waals surface area contributed by atoms with Crippen LogP contribution in [-0.2, 0) is 51.1 Å². The van der Waals surface area contributed by atoms with Crippen molar-refractivity contribution in [3.8, 4) is 34.4 Å². The molecule has 2 aromatic heterocycles. The molecule has 0 bridgehead atoms. The van der Waals surface area contributed by atoms with E-state index in [0.717, 1.165) is 30.7 Å². The summed E-state index contributed by atoms with van der Waals surface area (Å²) in [6.45, 7) is 3.36. The molecule has 6 fully saturated rings. The third-order valence-electron chi connectivity index (χ3n) is 15.9. The fourth-order valence-corrected chi connectivity index (χ4v) is 14.8. The van der Waals surface area contributed by atoms with Gasteiger partial charge in [-0.2, -0.15) is 31.6 Å². The number of halogens is 6. The Balaban J connectivity index is 0.812. The van der Waals surface area contributed by atoms with Crippen LogP contribution in [0.25, 0.3) is 27.1 Å². The summed E-state index contributed by atoms with van der Waals surface area (Å²) in [5.41, 5.74) is -2.47. The van der Waals surface area contributed by atoms with E-state index in [2.05, 4.69) is 37.6 Å². The highest BCUT2D eigenvalue weighted by molar-refractivity contribution is 7.92. The van der Waals surface area contributed by atoms with Crippen molar-refractivity contribution in [2.45, 2.75) is 171 Å². The minimum absolute atomic E-state index is 0.143. The van der Waals surface area contributed by atoms with E-state index < -0.39 is 116 Å². The van der Waals surface area contributed by atoms with Crippen molar-refractivity contribution in [1.29, 1.82) is 5.26 Å². The maximum Gasteiger partial charge on any atom is 0.417 e. The Morgan fingerprint density at radius 1 is 0.632 bits per heavy atom. The lowest BCUT2D eigenvalue weighted by molar-refractivity contribution is -0.140. The molecule has 0 aliphatic heterocycles. The summed E-state index contributed by atoms with van der Waals surface area (Å²) < 4.78 is 158. The van der Waals surface area contributed by atoms with Gasteiger partial charge in [-0.3, -0.25) is 19.6 Å². The molecule has 6 atom stereocenters. The first-order valence-electron chi connectivity index (χ1n) is 25.4. The van der Waals surface area contributed by atoms with Crippen LogP contribution in [0.3, 0.4) is 0 Å². The predicted octanol–water partition coefficient (Wildman–Crippen LogP) is 9.28. The first kappa shape index (κ1) is 53.5. The number of aromatic nitrogens is 2. The number of rotatable bonds is 14. The number of hydrogen-bond acceptors (Lipinski definition) is 11. The zero-order chi connectivity index (χ0) is 54.2. The van der Waals surface area contributed by atoms with E-state index in [-0.39, 0.29) is 49.0 Å². The third-order valence-corrected chi connectivity index (χ3v) is 20.3. The van der Waals surface area contributed by atoms with Gasteiger partial charge in [-0.25, -0.2) is 16.8 Å². The highest BCUT2D eigenvalue weighted by Gasteiger charge is 2.56. The van der Waals surface area contributed by atoms with E-state index in [4.69, 9.17) is 9.47 Å². The summed E-state index contributed by atoms with van der Waals surface area (Å²) in [7, 11) is -9.36. The topological polar surface area (TPSA) is 199 Å². The number of carbonyl (C=O) groups is 2. The van der Waals surface area contributed by atoms with Crippen LogP contribution >= 0.6 is 0 Å². The monoisotopic (exact) mass is 1090 g/mol. The lowest BCUT2D eigenvalue weighted by Crippen LogP contribution is -2.45. The van der Waals surface area contributed by atoms with Gasteiger partial charge < -0.3 is 20.1 Å². The molecule has 22 heteroatoms. The molecule has 2 amide bonds. The van der Waals surface area contributed by atoms with Crippen molar-refractivity contribution in [2.24, 2.45) is 11.8 Å². The van der Waals surface area contributed by atoms with Crippen molar-refractivity contribution in [2.75, 3.05) is 0 Å². The van der Waals surface area contributed by atoms with Gasteiger partial charge in [0, 0.05) is 23.8 Å². The molecule has 6 unspecified atom stereocenters. The number of sulfone groups is 2. The first-order chi connectivity index (χ1) is 35.8. The fraction of sp³-hybridized carbons (Fsp3) is 0.519. The molecule has 402 valence electrons. The van der Waals surface area contributed by atoms with Crippen molar-refractivity contribution >= 4 is 31.5 Å². The number of pyridine rings is 2. The number of nitrogens with zero attached hydrogens (tertiary/aromatic N) is 4. The van der Waals surface area contributed by atoms with E-state index >= 15 is 0 Å². The van der Waals surface area contributed by atoms with E-state index in [1.54, 1.807) is 26.0 Å². The quantitative estimate of drug-likeness (QED) is 0.114. The number of ether oxygens (including phenoxy) is 2. The fourth-order valence-electron chi connectivity index (χ4n) is 10.8. The van der Waals surface area contributed by atoms with Crippen molar-refractivity contribution in [1.82, 2.24) is 20.6 Å². The Labute approximate surface area is 436 Å². The lowest BCUT2D eigenvalue weighted by Gasteiger charge is -2.31. The van der Waals surface area contributed by atoms with Crippen LogP contribution in [0.4, 0.5) is 26.3 Å². The van der Waals surface area contributed by atoms with Gasteiger partial charge >= 0.3 is 18.4 Å². The molecule has 0 saturated heterocycles. The molecule has 0 spiro atoms. The Kier molecular flexibility index (Phi) is 13.9. The normalized spacial score (nSPS) is 26.7. The summed E-state index contributed by atoms with van der Waals surface area (Å²) in [6.07, 6.45) is -6.32. The predicted molar refractivity (Wildman–Crippen MR) is 263 cm³/mol. The average Bonchev–Trinajstić information content (AvgIpc) is 4.19. The van der Waals surface area contributed by atoms with Crippen LogP contribution in [0, 0.1) is 43.1 Å². The molecule has 6 saturated carbocycles. The number of alkyl halides is 6. The number of nitrogens with one attached hydrogen (secondary N) is 2. The SMILES string of the molecule is Cc1cc(-c2ccc(S(=O)(=O)C3CC(OC4CCC4)C(C(=O)NC4(C#[N+]C5CC(OC6CC(S(=O)(=O)c7ccc(-c8ccnc(C)c8)cc7C(F)(F)F)CC6C(=O)NC6(C#N)CC6)C5)CC4)C3)c(C(F)(F)F)c2)ccn1. The van der Waals surface area contributed by atoms with Gasteiger partial charge in [0.15, 0.2) is 25.2 Å². The summed E-state index contributed by atoms with van der Waals surface area (Å²) in [6, 6.07) is 17.2. The zero-order valence-electron chi connectivity index (χ0n) is 41.5. The lowest BCUT2D eigenvalue weighted by atomic mass is 9.89. The molecule has 14 nitrogen and oxygen atoms in total. The molecule has 10 rings (SSSR count). The Hall–Kier alpha value is -5.94. The van der Waals surface area contributed by atoms with Gasteiger partial charge in [-0.1, -0.05) is 17.0 Å². The number of benzene rings is 2. The summed E-state index contributed by atoms with van der Waals surface area (Å²) in [5.74, 6) is -3.26. The first-order valence-corrected chi connectivity index (χ1v) is 28.5. The second kappa shape index (κ2) is 19.8. The summed E-state index contributed by atoms with van der Waals surface area (Å²) in [5, 5.41) is 12.6. The van der Waals surface area contributed by atoms with Gasteiger partial charge in [-0.15, -0.1) is 0 Å². The number of hydrogen-bond donors (Lipinski definition) is 2. The van der Waals surface area contributed by atoms with Gasteiger partial charge in [0.2, 0.25) is 11.8 Å². The van der Waals surface area contributed by atoms with Gasteiger partial charge in [0.25, 0.3) is 6.04 Å². The van der Waals surface area contributed by atoms with E-state index in [1.807, 2.05) is 0 Å². The van der Waals surface area contributed by atoms with E-state index in [9.17, 15) is 58.0 Å². The molecule has 6 aliphatic rings. The number of carbonyl (C=O) groups excluding carboxylic acids is 2. The van der Waals surface area contributed by atoms with E-state index in [1.165, 1.54) is 36.7 Å². The maximum atomic E-state index is 14.7. The summed E-state index contributed by atoms with van der Waals surface area (Å²) >= 11 is 0. The molecule has 76 heavy (non-hydrogen) atoms. The number of aryl methyl sites for hydroxylation is 2. The number of nitriles is 1. The Bertz CT molecular complexity index is 3300. The molecule has 6 aliphatic carbocycles. The molecular formula is C54H55F6N6O8S2+. The second-order valence-corrected chi connectivity index (χ2v) is 25.8. The van der Waals surface area contributed by atoms with Gasteiger partial charge in [0.05, 0.1) is 86.6 Å². The molecule has 2 N–H and O–H groups in total. The Morgan fingerprint density at radius 3 is 1.46 bits per heavy atom. The minimum atomic E-state index is -5.05. The molecule has 4 aromatic rings. The van der Waals surface area contributed by atoms with Crippen LogP contribution in [0.1, 0.15) is 106 Å². The average molecular weight is 1090 g/mol. The largest absolute Gasteiger partial charge is 0.417 e. The van der Waals surface area contributed by atoms with Crippen molar-refractivity contribution in [3.63, 3.8) is 0 Å². The van der Waals surface area contributed by atoms with E-state index in [0.29, 0.717) is 73.9 Å². The molecule has 2 aromatic carbocycles. The van der Waals surface area contributed by atoms with Crippen LogP contribution in [0.2, 0.25) is 0 Å². The minimum Gasteiger partial charge on any atom is -0.374 e. The zero-order valence-corrected chi connectivity index (χ0v) is 43.1. The number of amides is 2. The van der Waals surface area contributed by atoms with Crippen LogP contribution in [0.15, 0.2) is 82.8 Å². The van der Waals surface area contributed by atoms with Crippen LogP contribution in [-0.4, -0.2) is 90.7 Å². The van der Waals surface area contributed by atoms with Gasteiger partial charge in [0.1, 0.15) is 5.54 Å². The van der Waals surface area contributed by atoms with Crippen molar-refractivity contribution < 1.29 is 62.2 Å². The Morgan fingerprint density at radius 2 is 1.07 bits per heavy atom. The molecule has 0 radical (unpaired) electrons. The standard InChI is InChI=1S/C54H54F6N6O8S2/c1-30-18-34(10-16-62-30)32-6-8-47(43(20-32)53(55,56)57)75(69,70)39-24-41(45(26-39)73-37-4-3-5-37)50(68)66-52(14-15-52)29-64-36-22-38(23-36)74-46-27-40(25-42(46)49(67)65-51(28-61)12-13-51)76(71,72)48-9-7-33(21-44(48)54(58,59)60)35-11-17-63-31(2)19-35/h6-11,16-21,36-42,45-46H,3-5,12-15,22-27H2,1-2H3,(H-,65,66,67,68)/p+1. The maximum absolute atomic E-state index is 14.7. The van der Waals surface area contributed by atoms with Gasteiger partial charge in [-0.05, 0) is 155 Å². The smallest absolute Gasteiger partial charge is 0.374 e. The highest BCUT2D eigenvalue weighted by atomic mass is 32.2. The van der Waals surface area contributed by atoms with Crippen molar-refractivity contribution in [3.05, 3.63) is 100 Å². The van der Waals surface area contributed by atoms with Crippen LogP contribution in [0.5, 0.6) is 0 Å². The second-order valence-electron chi connectivity index (χ2n) is 21.4. The highest BCUT2D eigenvalue weighted by Crippen LogP contribution is 2.47. The van der Waals surface area contributed by atoms with Crippen LogP contribution < -0.4 is 10.6 Å². The molecular weight excluding hydrogens is 1040 g/mol. The summed E-state index contributed by atoms with van der Waals surface area (Å²) in [4.78, 5) is 38.9. The third kappa shape index (κ3) is 11.0. The molecule has 2 heterocycles.